The Morgan fingerprint density at radius 2 is 1.92 bits per heavy atom. The van der Waals surface area contributed by atoms with E-state index in [0.29, 0.717) is 17.9 Å². The number of benzene rings is 1. The van der Waals surface area contributed by atoms with E-state index in [2.05, 4.69) is 39.8 Å². The van der Waals surface area contributed by atoms with Crippen LogP contribution in [0, 0.1) is 23.7 Å². The van der Waals surface area contributed by atoms with E-state index in [1.54, 1.807) is 12.1 Å². The topological polar surface area (TPSA) is 59.0 Å². The summed E-state index contributed by atoms with van der Waals surface area (Å²) >= 11 is 3.41. The highest BCUT2D eigenvalue weighted by Gasteiger charge is 2.59. The fourth-order valence-electron chi connectivity index (χ4n) is 4.02. The Hall–Kier alpha value is -2.21. The van der Waals surface area contributed by atoms with Crippen molar-refractivity contribution in [3.05, 3.63) is 53.0 Å². The number of hydrogen-bond donors (Lipinski definition) is 0. The van der Waals surface area contributed by atoms with Gasteiger partial charge in [0.2, 0.25) is 0 Å². The number of imide groups is 1. The van der Waals surface area contributed by atoms with Crippen LogP contribution >= 0.6 is 15.9 Å². The lowest BCUT2D eigenvalue weighted by atomic mass is 9.85. The van der Waals surface area contributed by atoms with Crippen LogP contribution in [0.3, 0.4) is 0 Å². The highest BCUT2D eigenvalue weighted by molar-refractivity contribution is 9.10. The molecule has 1 aromatic carbocycles. The number of halogens is 1. The number of nitrogens with zero attached hydrogens (tertiary/aromatic N) is 2. The Morgan fingerprint density at radius 3 is 2.56 bits per heavy atom. The van der Waals surface area contributed by atoms with Gasteiger partial charge < -0.3 is 4.74 Å². The van der Waals surface area contributed by atoms with Crippen molar-refractivity contribution in [2.24, 2.45) is 28.8 Å². The van der Waals surface area contributed by atoms with Gasteiger partial charge in [-0.1, -0.05) is 40.7 Å². The summed E-state index contributed by atoms with van der Waals surface area (Å²) in [5, 5.41) is 5.24. The zero-order valence-electron chi connectivity index (χ0n) is 13.5. The van der Waals surface area contributed by atoms with E-state index < -0.39 is 0 Å². The van der Waals surface area contributed by atoms with E-state index in [9.17, 15) is 9.59 Å². The molecule has 2 amide bonds. The Bertz CT molecular complexity index is 787. The van der Waals surface area contributed by atoms with Crippen molar-refractivity contribution in [3.63, 3.8) is 0 Å². The molecule has 25 heavy (non-hydrogen) atoms. The Labute approximate surface area is 154 Å². The number of carbonyl (C=O) groups excluding carboxylic acids is 2. The molecule has 1 aromatic rings. The molecule has 1 saturated heterocycles. The van der Waals surface area contributed by atoms with Crippen molar-refractivity contribution < 1.29 is 14.3 Å². The lowest BCUT2D eigenvalue weighted by Crippen LogP contribution is -2.28. The summed E-state index contributed by atoms with van der Waals surface area (Å²) in [6.07, 6.45) is 8.21. The number of hydrogen-bond acceptors (Lipinski definition) is 4. The summed E-state index contributed by atoms with van der Waals surface area (Å²) in [7, 11) is 0. The standard InChI is InChI=1S/C19H17BrN2O3/c1-2-7-25-15-6-5-14(20)9-13(15)10-21-22-18(23)16-11-3-4-12(8-11)17(16)19(22)24/h2-6,9-12,16-17H,1,7-8H2/b21-10-/t11-,12-,16-,17-/m0/s1. The van der Waals surface area contributed by atoms with Gasteiger partial charge in [-0.25, -0.2) is 0 Å². The minimum atomic E-state index is -0.237. The number of amides is 2. The van der Waals surface area contributed by atoms with Gasteiger partial charge in [-0.05, 0) is 36.5 Å². The molecule has 0 aromatic heterocycles. The van der Waals surface area contributed by atoms with Gasteiger partial charge >= 0.3 is 0 Å². The van der Waals surface area contributed by atoms with Crippen LogP contribution in [0.1, 0.15) is 12.0 Å². The van der Waals surface area contributed by atoms with Crippen molar-refractivity contribution in [2.45, 2.75) is 6.42 Å². The van der Waals surface area contributed by atoms with E-state index in [1.165, 1.54) is 6.21 Å². The van der Waals surface area contributed by atoms with E-state index in [4.69, 9.17) is 4.74 Å². The maximum Gasteiger partial charge on any atom is 0.254 e. The second kappa shape index (κ2) is 6.26. The van der Waals surface area contributed by atoms with E-state index >= 15 is 0 Å². The first kappa shape index (κ1) is 16.3. The molecular formula is C19H17BrN2O3. The molecule has 1 heterocycles. The van der Waals surface area contributed by atoms with Crippen LogP contribution in [0.5, 0.6) is 5.75 Å². The van der Waals surface area contributed by atoms with Gasteiger partial charge in [-0.15, -0.1) is 0 Å². The van der Waals surface area contributed by atoms with Gasteiger partial charge in [0.15, 0.2) is 0 Å². The molecule has 2 aliphatic carbocycles. The Morgan fingerprint density at radius 1 is 1.24 bits per heavy atom. The monoisotopic (exact) mass is 400 g/mol. The molecule has 0 unspecified atom stereocenters. The lowest BCUT2D eigenvalue weighted by Gasteiger charge is -2.13. The SMILES string of the molecule is C=CCOc1ccc(Br)cc1/C=N\N1C(=O)[C@@H]2[C@@H](C1=O)[C@H]1C=C[C@H]2C1. The number of ether oxygens (including phenoxy) is 1. The van der Waals surface area contributed by atoms with Crippen LogP contribution in [0.25, 0.3) is 0 Å². The second-order valence-electron chi connectivity index (χ2n) is 6.51. The molecule has 3 aliphatic rings. The summed E-state index contributed by atoms with van der Waals surface area (Å²) in [5.41, 5.74) is 0.690. The van der Waals surface area contributed by atoms with Crippen LogP contribution in [0.15, 0.2) is 52.6 Å². The third-order valence-corrected chi connectivity index (χ3v) is 5.58. The second-order valence-corrected chi connectivity index (χ2v) is 7.43. The molecule has 0 N–H and O–H groups in total. The first-order chi connectivity index (χ1) is 12.1. The van der Waals surface area contributed by atoms with Gasteiger partial charge in [0, 0.05) is 10.0 Å². The highest BCUT2D eigenvalue weighted by Crippen LogP contribution is 2.52. The van der Waals surface area contributed by atoms with Gasteiger partial charge in [0.1, 0.15) is 12.4 Å². The molecule has 1 saturated carbocycles. The third-order valence-electron chi connectivity index (χ3n) is 5.09. The van der Waals surface area contributed by atoms with Gasteiger partial charge in [0.05, 0.1) is 18.1 Å². The number of carbonyl (C=O) groups is 2. The van der Waals surface area contributed by atoms with Crippen LogP contribution < -0.4 is 4.74 Å². The minimum absolute atomic E-state index is 0.184. The van der Waals surface area contributed by atoms with Crippen molar-refractivity contribution in [2.75, 3.05) is 6.61 Å². The maximum absolute atomic E-state index is 12.6. The molecule has 2 fully saturated rings. The third kappa shape index (κ3) is 2.65. The molecule has 5 nitrogen and oxygen atoms in total. The van der Waals surface area contributed by atoms with E-state index in [1.807, 2.05) is 12.1 Å². The minimum Gasteiger partial charge on any atom is -0.489 e. The zero-order chi connectivity index (χ0) is 17.6. The predicted octanol–water partition coefficient (Wildman–Crippen LogP) is 3.15. The molecular weight excluding hydrogens is 384 g/mol. The summed E-state index contributed by atoms with van der Waals surface area (Å²) in [5.74, 6) is 0.136. The first-order valence-electron chi connectivity index (χ1n) is 8.23. The fourth-order valence-corrected chi connectivity index (χ4v) is 4.40. The maximum atomic E-state index is 12.6. The molecule has 4 rings (SSSR count). The normalized spacial score (nSPS) is 29.7. The Balaban J connectivity index is 1.59. The summed E-state index contributed by atoms with van der Waals surface area (Å²) in [4.78, 5) is 25.3. The van der Waals surface area contributed by atoms with Gasteiger partial charge in [0.25, 0.3) is 11.8 Å². The van der Waals surface area contributed by atoms with Crippen LogP contribution in [0.2, 0.25) is 0 Å². The quantitative estimate of drug-likeness (QED) is 0.433. The molecule has 128 valence electrons. The van der Waals surface area contributed by atoms with E-state index in [-0.39, 0.29) is 35.5 Å². The average Bonchev–Trinajstić information content (AvgIpc) is 3.27. The lowest BCUT2D eigenvalue weighted by molar-refractivity contribution is -0.140. The van der Waals surface area contributed by atoms with Crippen LogP contribution in [-0.4, -0.2) is 29.6 Å². The fraction of sp³-hybridized carbons (Fsp3) is 0.316. The highest BCUT2D eigenvalue weighted by atomic mass is 79.9. The average molecular weight is 401 g/mol. The van der Waals surface area contributed by atoms with Crippen LogP contribution in [0.4, 0.5) is 0 Å². The van der Waals surface area contributed by atoms with Crippen molar-refractivity contribution in [3.8, 4) is 5.75 Å². The number of hydrazone groups is 1. The van der Waals surface area contributed by atoms with Crippen molar-refractivity contribution in [1.29, 1.82) is 0 Å². The van der Waals surface area contributed by atoms with Crippen molar-refractivity contribution in [1.82, 2.24) is 5.01 Å². The molecule has 6 heteroatoms. The van der Waals surface area contributed by atoms with Crippen molar-refractivity contribution >= 4 is 34.0 Å². The van der Waals surface area contributed by atoms with Gasteiger partial charge in [-0.3, -0.25) is 9.59 Å². The molecule has 0 radical (unpaired) electrons. The van der Waals surface area contributed by atoms with Crippen LogP contribution in [-0.2, 0) is 9.59 Å². The summed E-state index contributed by atoms with van der Waals surface area (Å²) in [6, 6.07) is 5.50. The molecule has 1 aliphatic heterocycles. The largest absolute Gasteiger partial charge is 0.489 e. The molecule has 4 atom stereocenters. The summed E-state index contributed by atoms with van der Waals surface area (Å²) < 4.78 is 6.46. The number of fused-ring (bicyclic) bond motifs is 5. The first-order valence-corrected chi connectivity index (χ1v) is 9.03. The Kier molecular flexibility index (Phi) is 4.07. The predicted molar refractivity (Wildman–Crippen MR) is 97.0 cm³/mol. The summed E-state index contributed by atoms with van der Waals surface area (Å²) in [6.45, 7) is 4.00. The zero-order valence-corrected chi connectivity index (χ0v) is 15.1. The number of allylic oxidation sites excluding steroid dienone is 2. The van der Waals surface area contributed by atoms with E-state index in [0.717, 1.165) is 15.9 Å². The molecule has 2 bridgehead atoms. The molecule has 0 spiro atoms. The van der Waals surface area contributed by atoms with Gasteiger partial charge in [-0.2, -0.15) is 10.1 Å². The number of rotatable bonds is 5. The smallest absolute Gasteiger partial charge is 0.254 e.